The van der Waals surface area contributed by atoms with Crippen LogP contribution < -0.4 is 15.9 Å². The molecule has 1 unspecified atom stereocenters. The number of nitrogens with two attached hydrogens (primary N) is 1. The third-order valence-electron chi connectivity index (χ3n) is 3.62. The van der Waals surface area contributed by atoms with E-state index in [2.05, 4.69) is 4.98 Å². The summed E-state index contributed by atoms with van der Waals surface area (Å²) in [6.45, 7) is 1.82. The average Bonchev–Trinajstić information content (AvgIpc) is 2.77. The van der Waals surface area contributed by atoms with Crippen LogP contribution in [0.5, 0.6) is 11.6 Å². The molecular weight excluding hydrogens is 299 g/mol. The Morgan fingerprint density at radius 2 is 2.26 bits per heavy atom. The Kier molecular flexibility index (Phi) is 3.93. The first-order chi connectivity index (χ1) is 10.9. The molecule has 1 aliphatic rings. The molecule has 1 atom stereocenters. The van der Waals surface area contributed by atoms with Crippen molar-refractivity contribution < 1.29 is 24.3 Å². The van der Waals surface area contributed by atoms with E-state index in [0.717, 1.165) is 5.56 Å². The molecule has 1 aliphatic heterocycles. The number of hydrogen-bond acceptors (Lipinski definition) is 6. The number of hydrogen-bond donors (Lipinski definition) is 3. The van der Waals surface area contributed by atoms with Crippen molar-refractivity contribution in [2.45, 2.75) is 19.4 Å². The molecule has 4 N–H and O–H groups in total. The second kappa shape index (κ2) is 5.90. The Hall–Kier alpha value is -2.58. The average molecular weight is 314 g/mol. The van der Waals surface area contributed by atoms with Crippen molar-refractivity contribution in [3.63, 3.8) is 0 Å². The maximum atomic E-state index is 10.9. The number of aromatic nitrogens is 1. The molecule has 0 spiro atoms. The molecule has 23 heavy (non-hydrogen) atoms. The second-order valence-corrected chi connectivity index (χ2v) is 5.35. The minimum absolute atomic E-state index is 0.204. The van der Waals surface area contributed by atoms with E-state index in [1.165, 1.54) is 6.20 Å². The molecule has 0 saturated heterocycles. The summed E-state index contributed by atoms with van der Waals surface area (Å²) >= 11 is 0. The van der Waals surface area contributed by atoms with Gasteiger partial charge < -0.3 is 25.3 Å². The van der Waals surface area contributed by atoms with Gasteiger partial charge in [-0.3, -0.25) is 4.79 Å². The van der Waals surface area contributed by atoms with Crippen LogP contribution in [0, 0.1) is 6.92 Å². The van der Waals surface area contributed by atoms with Crippen LogP contribution in [0.1, 0.15) is 23.7 Å². The number of ether oxygens (including phenoxy) is 1. The zero-order valence-electron chi connectivity index (χ0n) is 12.4. The largest absolute Gasteiger partial charge is 0.492 e. The third-order valence-corrected chi connectivity index (χ3v) is 3.62. The van der Waals surface area contributed by atoms with Gasteiger partial charge in [0, 0.05) is 6.07 Å². The Morgan fingerprint density at radius 3 is 2.91 bits per heavy atom. The predicted octanol–water partition coefficient (Wildman–Crippen LogP) is 0.998. The van der Waals surface area contributed by atoms with Crippen molar-refractivity contribution in [2.24, 2.45) is 0 Å². The van der Waals surface area contributed by atoms with Crippen LogP contribution >= 0.6 is 0 Å². The van der Waals surface area contributed by atoms with E-state index in [1.54, 1.807) is 24.3 Å². The van der Waals surface area contributed by atoms with E-state index in [1.807, 2.05) is 6.92 Å². The number of anilines is 1. The number of carboxylic acid groups (broad SMARTS) is 1. The predicted molar refractivity (Wildman–Crippen MR) is 83.6 cm³/mol. The summed E-state index contributed by atoms with van der Waals surface area (Å²) < 4.78 is 11.0. The van der Waals surface area contributed by atoms with Crippen molar-refractivity contribution in [3.8, 4) is 11.6 Å². The van der Waals surface area contributed by atoms with Gasteiger partial charge in [0.1, 0.15) is 5.75 Å². The Balaban J connectivity index is 1.91. The molecule has 0 amide bonds. The molecule has 2 heterocycles. The fourth-order valence-electron chi connectivity index (χ4n) is 2.67. The topological polar surface area (TPSA) is 115 Å². The van der Waals surface area contributed by atoms with Crippen LogP contribution in [-0.2, 0) is 9.45 Å². The first-order valence-electron chi connectivity index (χ1n) is 7.03. The fourth-order valence-corrected chi connectivity index (χ4v) is 2.67. The van der Waals surface area contributed by atoms with Gasteiger partial charge in [0.25, 0.3) is 0 Å². The van der Waals surface area contributed by atoms with E-state index >= 15 is 0 Å². The van der Waals surface area contributed by atoms with Gasteiger partial charge in [-0.25, -0.2) is 4.98 Å². The van der Waals surface area contributed by atoms with Crippen molar-refractivity contribution in [1.82, 2.24) is 4.98 Å². The number of pyridine rings is 1. The molecule has 3 rings (SSSR count). The molecule has 1 aromatic heterocycles. The number of nitrogens with zero attached hydrogens (tertiary/aromatic N) is 1. The lowest BCUT2D eigenvalue weighted by Crippen LogP contribution is -2.28. The van der Waals surface area contributed by atoms with Crippen LogP contribution in [0.25, 0.3) is 0 Å². The summed E-state index contributed by atoms with van der Waals surface area (Å²) in [6.07, 6.45) is 0.613. The number of fused-ring (bicyclic) bond motifs is 1. The van der Waals surface area contributed by atoms with Crippen LogP contribution in [-0.4, -0.2) is 28.2 Å². The number of carboxylic acids is 1. The summed E-state index contributed by atoms with van der Waals surface area (Å²) in [5, 5.41) is 19.0. The maximum Gasteiger partial charge on any atom is 0.492 e. The van der Waals surface area contributed by atoms with Gasteiger partial charge in [0.05, 0.1) is 24.4 Å². The highest BCUT2D eigenvalue weighted by Gasteiger charge is 2.37. The molecule has 0 radical (unpaired) electrons. The summed E-state index contributed by atoms with van der Waals surface area (Å²) in [4.78, 5) is 15.0. The first kappa shape index (κ1) is 15.3. The molecule has 0 saturated carbocycles. The van der Waals surface area contributed by atoms with Gasteiger partial charge in [0.15, 0.2) is 0 Å². The van der Waals surface area contributed by atoms with Gasteiger partial charge >= 0.3 is 13.1 Å². The molecule has 118 valence electrons. The number of carbonyl (C=O) groups is 1. The van der Waals surface area contributed by atoms with Crippen molar-refractivity contribution in [1.29, 1.82) is 0 Å². The van der Waals surface area contributed by atoms with E-state index in [-0.39, 0.29) is 6.42 Å². The quantitative estimate of drug-likeness (QED) is 0.721. The summed E-state index contributed by atoms with van der Waals surface area (Å²) in [6, 6.07) is 6.70. The summed E-state index contributed by atoms with van der Waals surface area (Å²) in [7, 11) is -1.17. The standard InChI is InChI=1S/C15H15BN2O5/c1-8-4-10(22-13-3-2-9(17)7-18-13)5-11-15(8)12(6-14(19)20)23-16(11)21/h2-5,7,12,21H,6,17H2,1H3,(H,19,20). The van der Waals surface area contributed by atoms with E-state index in [4.69, 9.17) is 20.2 Å². The number of benzene rings is 1. The van der Waals surface area contributed by atoms with Crippen LogP contribution in [0.4, 0.5) is 5.69 Å². The second-order valence-electron chi connectivity index (χ2n) is 5.35. The van der Waals surface area contributed by atoms with Gasteiger partial charge in [-0.15, -0.1) is 0 Å². The lowest BCUT2D eigenvalue weighted by Gasteiger charge is -2.13. The number of rotatable bonds is 4. The molecule has 7 nitrogen and oxygen atoms in total. The van der Waals surface area contributed by atoms with Crippen molar-refractivity contribution >= 4 is 24.2 Å². The Labute approximate surface area is 132 Å². The zero-order valence-corrected chi connectivity index (χ0v) is 12.4. The van der Waals surface area contributed by atoms with Crippen molar-refractivity contribution in [3.05, 3.63) is 41.6 Å². The minimum atomic E-state index is -1.17. The summed E-state index contributed by atoms with van der Waals surface area (Å²) in [5.41, 5.74) is 8.10. The lowest BCUT2D eigenvalue weighted by atomic mass is 9.77. The van der Waals surface area contributed by atoms with Crippen molar-refractivity contribution in [2.75, 3.05) is 5.73 Å². The zero-order chi connectivity index (χ0) is 16.6. The van der Waals surface area contributed by atoms with Gasteiger partial charge in [-0.05, 0) is 41.7 Å². The summed E-state index contributed by atoms with van der Waals surface area (Å²) in [5.74, 6) is -0.132. The molecule has 0 fully saturated rings. The number of nitrogen functional groups attached to an aromatic ring is 1. The third kappa shape index (κ3) is 3.13. The highest BCUT2D eigenvalue weighted by Crippen LogP contribution is 2.32. The van der Waals surface area contributed by atoms with E-state index in [0.29, 0.717) is 28.3 Å². The van der Waals surface area contributed by atoms with Crippen LogP contribution in [0.15, 0.2) is 30.5 Å². The first-order valence-corrected chi connectivity index (χ1v) is 7.03. The molecule has 1 aromatic carbocycles. The minimum Gasteiger partial charge on any atom is -0.481 e. The Morgan fingerprint density at radius 1 is 1.48 bits per heavy atom. The monoisotopic (exact) mass is 314 g/mol. The van der Waals surface area contributed by atoms with Crippen LogP contribution in [0.3, 0.4) is 0 Å². The smallest absolute Gasteiger partial charge is 0.481 e. The van der Waals surface area contributed by atoms with Gasteiger partial charge in [0.2, 0.25) is 5.88 Å². The highest BCUT2D eigenvalue weighted by molar-refractivity contribution is 6.62. The molecule has 8 heteroatoms. The SMILES string of the molecule is Cc1cc(Oc2ccc(N)cn2)cc2c1C(CC(=O)O)OB2O. The van der Waals surface area contributed by atoms with Crippen LogP contribution in [0.2, 0.25) is 0 Å². The van der Waals surface area contributed by atoms with E-state index in [9.17, 15) is 9.82 Å². The number of aliphatic carboxylic acids is 1. The lowest BCUT2D eigenvalue weighted by molar-refractivity contribution is -0.138. The van der Waals surface area contributed by atoms with Gasteiger partial charge in [-0.1, -0.05) is 0 Å². The normalized spacial score (nSPS) is 16.3. The van der Waals surface area contributed by atoms with Gasteiger partial charge in [-0.2, -0.15) is 0 Å². The Bertz CT molecular complexity index is 750. The highest BCUT2D eigenvalue weighted by atomic mass is 16.5. The molecule has 2 aromatic rings. The maximum absolute atomic E-state index is 10.9. The van der Waals surface area contributed by atoms with E-state index < -0.39 is 19.2 Å². The number of aryl methyl sites for hydroxylation is 1. The fraction of sp³-hybridized carbons (Fsp3) is 0.200. The molecule has 0 bridgehead atoms. The molecule has 0 aliphatic carbocycles. The molecular formula is C15H15BN2O5.